The van der Waals surface area contributed by atoms with E-state index in [2.05, 4.69) is 48.3 Å². The summed E-state index contributed by atoms with van der Waals surface area (Å²) in [6.07, 6.45) is 8.17. The number of aliphatic hydroxyl groups excluding tert-OH is 1. The largest absolute Gasteiger partial charge is 0.395 e. The smallest absolute Gasteiger partial charge is 0.237 e. The topological polar surface area (TPSA) is 52.6 Å². The predicted molar refractivity (Wildman–Crippen MR) is 110 cm³/mol. The first-order chi connectivity index (χ1) is 13.1. The van der Waals surface area contributed by atoms with Crippen molar-refractivity contribution >= 4 is 5.91 Å². The molecule has 2 N–H and O–H groups in total. The number of rotatable bonds is 7. The molecule has 1 aromatic carbocycles. The number of fused-ring (bicyclic) bond motifs is 1. The van der Waals surface area contributed by atoms with E-state index in [4.69, 9.17) is 0 Å². The molecule has 1 aromatic rings. The minimum Gasteiger partial charge on any atom is -0.395 e. The lowest BCUT2D eigenvalue weighted by atomic mass is 9.77. The number of nitrogens with zero attached hydrogens (tertiary/aromatic N) is 1. The van der Waals surface area contributed by atoms with Crippen molar-refractivity contribution in [3.8, 4) is 0 Å². The summed E-state index contributed by atoms with van der Waals surface area (Å²) in [7, 11) is 0. The van der Waals surface area contributed by atoms with Crippen LogP contribution in [0.1, 0.15) is 69.5 Å². The third kappa shape index (κ3) is 5.11. The molecule has 1 amide bonds. The predicted octanol–water partition coefficient (Wildman–Crippen LogP) is 3.69. The average molecular weight is 373 g/mol. The molecule has 4 heteroatoms. The van der Waals surface area contributed by atoms with Gasteiger partial charge in [0, 0.05) is 12.6 Å². The van der Waals surface area contributed by atoms with Crippen LogP contribution in [0, 0.1) is 11.8 Å². The van der Waals surface area contributed by atoms with Crippen LogP contribution >= 0.6 is 0 Å². The molecule has 0 saturated heterocycles. The summed E-state index contributed by atoms with van der Waals surface area (Å²) < 4.78 is 0. The number of hydrogen-bond donors (Lipinski definition) is 2. The molecule has 0 bridgehead atoms. The summed E-state index contributed by atoms with van der Waals surface area (Å²) in [6, 6.07) is 8.92. The van der Waals surface area contributed by atoms with Crippen molar-refractivity contribution in [2.45, 2.75) is 70.9 Å². The second-order valence-electron chi connectivity index (χ2n) is 8.77. The normalized spacial score (nSPS) is 21.9. The first kappa shape index (κ1) is 20.3. The lowest BCUT2D eigenvalue weighted by Gasteiger charge is -2.43. The Hall–Kier alpha value is -1.39. The summed E-state index contributed by atoms with van der Waals surface area (Å²) in [5.74, 6) is 1.26. The van der Waals surface area contributed by atoms with E-state index in [0.29, 0.717) is 18.4 Å². The van der Waals surface area contributed by atoms with Gasteiger partial charge < -0.3 is 15.3 Å². The fourth-order valence-electron chi connectivity index (χ4n) is 4.96. The molecule has 1 saturated carbocycles. The second-order valence-corrected chi connectivity index (χ2v) is 8.77. The molecule has 1 fully saturated rings. The van der Waals surface area contributed by atoms with Crippen LogP contribution in [0.25, 0.3) is 0 Å². The highest BCUT2D eigenvalue weighted by atomic mass is 16.3. The molecule has 150 valence electrons. The van der Waals surface area contributed by atoms with Crippen molar-refractivity contribution in [3.63, 3.8) is 0 Å². The van der Waals surface area contributed by atoms with E-state index >= 15 is 0 Å². The number of nitrogens with one attached hydrogen (secondary N) is 1. The van der Waals surface area contributed by atoms with Gasteiger partial charge in [-0.25, -0.2) is 0 Å². The number of aliphatic hydroxyl groups is 1. The SMILES string of the molecule is CC(C)C[C@@H](CO)NCC(=O)N1CCc2ccccc2C1C1CCCCC1. The fraction of sp³-hybridized carbons (Fsp3) is 0.696. The molecule has 0 spiro atoms. The van der Waals surface area contributed by atoms with Gasteiger partial charge in [0.1, 0.15) is 0 Å². The highest BCUT2D eigenvalue weighted by Crippen LogP contribution is 2.41. The minimum atomic E-state index is -0.000780. The van der Waals surface area contributed by atoms with Gasteiger partial charge in [0.2, 0.25) is 5.91 Å². The monoisotopic (exact) mass is 372 g/mol. The van der Waals surface area contributed by atoms with E-state index < -0.39 is 0 Å². The van der Waals surface area contributed by atoms with Crippen LogP contribution in [0.15, 0.2) is 24.3 Å². The Morgan fingerprint density at radius 1 is 1.22 bits per heavy atom. The Morgan fingerprint density at radius 2 is 1.96 bits per heavy atom. The van der Waals surface area contributed by atoms with E-state index in [1.807, 2.05) is 0 Å². The first-order valence-corrected chi connectivity index (χ1v) is 10.8. The Kier molecular flexibility index (Phi) is 7.31. The zero-order chi connectivity index (χ0) is 19.2. The zero-order valence-corrected chi connectivity index (χ0v) is 17.0. The lowest BCUT2D eigenvalue weighted by molar-refractivity contribution is -0.135. The maximum atomic E-state index is 13.1. The summed E-state index contributed by atoms with van der Waals surface area (Å²) in [5, 5.41) is 12.9. The Balaban J connectivity index is 1.73. The summed E-state index contributed by atoms with van der Waals surface area (Å²) in [5.41, 5.74) is 2.78. The molecule has 1 heterocycles. The van der Waals surface area contributed by atoms with Crippen molar-refractivity contribution in [2.24, 2.45) is 11.8 Å². The summed E-state index contributed by atoms with van der Waals surface area (Å²) in [6.45, 7) is 5.51. The molecular formula is C23H36N2O2. The van der Waals surface area contributed by atoms with Crippen LogP contribution in [0.5, 0.6) is 0 Å². The van der Waals surface area contributed by atoms with E-state index in [-0.39, 0.29) is 24.6 Å². The Labute approximate surface area is 164 Å². The molecule has 0 radical (unpaired) electrons. The number of carbonyl (C=O) groups is 1. The van der Waals surface area contributed by atoms with Crippen molar-refractivity contribution in [2.75, 3.05) is 19.7 Å². The molecule has 1 aliphatic carbocycles. The molecule has 2 atom stereocenters. The molecule has 2 aliphatic rings. The highest BCUT2D eigenvalue weighted by molar-refractivity contribution is 5.79. The van der Waals surface area contributed by atoms with E-state index in [1.54, 1.807) is 0 Å². The van der Waals surface area contributed by atoms with Gasteiger partial charge in [0.05, 0.1) is 19.2 Å². The van der Waals surface area contributed by atoms with Crippen LogP contribution < -0.4 is 5.32 Å². The zero-order valence-electron chi connectivity index (χ0n) is 17.0. The first-order valence-electron chi connectivity index (χ1n) is 10.8. The molecule has 0 aromatic heterocycles. The van der Waals surface area contributed by atoms with Crippen molar-refractivity contribution < 1.29 is 9.90 Å². The van der Waals surface area contributed by atoms with E-state index in [1.165, 1.54) is 43.2 Å². The summed E-state index contributed by atoms with van der Waals surface area (Å²) in [4.78, 5) is 15.3. The van der Waals surface area contributed by atoms with Gasteiger partial charge in [-0.15, -0.1) is 0 Å². The quantitative estimate of drug-likeness (QED) is 0.767. The second kappa shape index (κ2) is 9.70. The van der Waals surface area contributed by atoms with Crippen LogP contribution in [0.4, 0.5) is 0 Å². The van der Waals surface area contributed by atoms with Gasteiger partial charge in [-0.1, -0.05) is 57.4 Å². The summed E-state index contributed by atoms with van der Waals surface area (Å²) >= 11 is 0. The molecule has 4 nitrogen and oxygen atoms in total. The third-order valence-electron chi connectivity index (χ3n) is 6.27. The fourth-order valence-corrected chi connectivity index (χ4v) is 4.96. The van der Waals surface area contributed by atoms with Crippen molar-refractivity contribution in [3.05, 3.63) is 35.4 Å². The standard InChI is InChI=1S/C23H36N2O2/c1-17(2)14-20(16-26)24-15-22(27)25-13-12-18-8-6-7-11-21(18)23(25)19-9-4-3-5-10-19/h6-8,11,17,19-20,23-24,26H,3-5,9-10,12-16H2,1-2H3/t20-,23?/m0/s1. The minimum absolute atomic E-state index is 0.000780. The van der Waals surface area contributed by atoms with E-state index in [9.17, 15) is 9.90 Å². The maximum Gasteiger partial charge on any atom is 0.237 e. The molecule has 27 heavy (non-hydrogen) atoms. The maximum absolute atomic E-state index is 13.1. The molecular weight excluding hydrogens is 336 g/mol. The Morgan fingerprint density at radius 3 is 2.67 bits per heavy atom. The number of carbonyl (C=O) groups excluding carboxylic acids is 1. The van der Waals surface area contributed by atoms with Gasteiger partial charge in [0.25, 0.3) is 0 Å². The molecule has 1 unspecified atom stereocenters. The number of hydrogen-bond acceptors (Lipinski definition) is 3. The Bertz CT molecular complexity index is 610. The highest BCUT2D eigenvalue weighted by Gasteiger charge is 2.36. The van der Waals surface area contributed by atoms with Crippen LogP contribution in [0.2, 0.25) is 0 Å². The van der Waals surface area contributed by atoms with Crippen LogP contribution in [-0.4, -0.2) is 41.7 Å². The van der Waals surface area contributed by atoms with Crippen LogP contribution in [0.3, 0.4) is 0 Å². The van der Waals surface area contributed by atoms with Gasteiger partial charge in [-0.3, -0.25) is 4.79 Å². The average Bonchev–Trinajstić information content (AvgIpc) is 2.70. The van der Waals surface area contributed by atoms with Crippen LogP contribution in [-0.2, 0) is 11.2 Å². The van der Waals surface area contributed by atoms with Gasteiger partial charge in [0.15, 0.2) is 0 Å². The van der Waals surface area contributed by atoms with Gasteiger partial charge in [-0.2, -0.15) is 0 Å². The number of amides is 1. The third-order valence-corrected chi connectivity index (χ3v) is 6.27. The van der Waals surface area contributed by atoms with E-state index in [0.717, 1.165) is 19.4 Å². The van der Waals surface area contributed by atoms with Crippen molar-refractivity contribution in [1.29, 1.82) is 0 Å². The molecule has 3 rings (SSSR count). The lowest BCUT2D eigenvalue weighted by Crippen LogP contribution is -2.48. The number of benzene rings is 1. The van der Waals surface area contributed by atoms with Crippen molar-refractivity contribution in [1.82, 2.24) is 10.2 Å². The van der Waals surface area contributed by atoms with Gasteiger partial charge in [-0.05, 0) is 48.6 Å². The molecule has 1 aliphatic heterocycles. The van der Waals surface area contributed by atoms with Gasteiger partial charge >= 0.3 is 0 Å².